The zero-order chi connectivity index (χ0) is 9.40. The minimum atomic E-state index is 0.625. The molecular formula is C9H21BN2. The summed E-state index contributed by atoms with van der Waals surface area (Å²) < 4.78 is 0. The van der Waals surface area contributed by atoms with Gasteiger partial charge < -0.3 is 5.84 Å². The Balaban J connectivity index is 4.04. The van der Waals surface area contributed by atoms with Crippen molar-refractivity contribution in [3.63, 3.8) is 0 Å². The molecule has 12 heavy (non-hydrogen) atoms. The first-order chi connectivity index (χ1) is 5.79. The van der Waals surface area contributed by atoms with E-state index in [2.05, 4.69) is 25.8 Å². The fraction of sp³-hybridized carbons (Fsp3) is 0.889. The minimum absolute atomic E-state index is 0.625. The average molecular weight is 168 g/mol. The van der Waals surface area contributed by atoms with Gasteiger partial charge in [-0.2, -0.15) is 5.10 Å². The van der Waals surface area contributed by atoms with E-state index in [9.17, 15) is 0 Å². The van der Waals surface area contributed by atoms with Crippen molar-refractivity contribution in [3.05, 3.63) is 0 Å². The quantitative estimate of drug-likeness (QED) is 0.280. The lowest BCUT2D eigenvalue weighted by atomic mass is 9.72. The first kappa shape index (κ1) is 11.5. The average Bonchev–Trinajstić information content (AvgIpc) is 2.11. The third-order valence-electron chi connectivity index (χ3n) is 2.27. The van der Waals surface area contributed by atoms with Crippen LogP contribution in [-0.4, -0.2) is 13.0 Å². The van der Waals surface area contributed by atoms with Crippen LogP contribution in [0.5, 0.6) is 0 Å². The van der Waals surface area contributed by atoms with Gasteiger partial charge >= 0.3 is 0 Å². The Bertz CT molecular complexity index is 134. The van der Waals surface area contributed by atoms with E-state index in [4.69, 9.17) is 5.84 Å². The Morgan fingerprint density at radius 1 is 1.50 bits per heavy atom. The Morgan fingerprint density at radius 2 is 2.17 bits per heavy atom. The molecular weight excluding hydrogens is 147 g/mol. The maximum atomic E-state index is 5.35. The number of nitrogens with zero attached hydrogens (tertiary/aromatic N) is 1. The molecule has 0 saturated carbocycles. The van der Waals surface area contributed by atoms with Crippen molar-refractivity contribution in [1.29, 1.82) is 0 Å². The molecule has 2 N–H and O–H groups in total. The third kappa shape index (κ3) is 3.79. The van der Waals surface area contributed by atoms with Gasteiger partial charge in [-0.25, -0.2) is 0 Å². The highest BCUT2D eigenvalue weighted by Crippen LogP contribution is 2.14. The topological polar surface area (TPSA) is 38.4 Å². The summed E-state index contributed by atoms with van der Waals surface area (Å²) in [5.41, 5.74) is 1.21. The predicted molar refractivity (Wildman–Crippen MR) is 58.1 cm³/mol. The maximum Gasteiger partial charge on any atom is 0.124 e. The van der Waals surface area contributed by atoms with Crippen LogP contribution in [0.3, 0.4) is 0 Å². The van der Waals surface area contributed by atoms with Crippen LogP contribution in [0.15, 0.2) is 5.10 Å². The Labute approximate surface area is 76.9 Å². The lowest BCUT2D eigenvalue weighted by molar-refractivity contribution is 0.591. The number of nitrogens with two attached hydrogens (primary N) is 1. The summed E-state index contributed by atoms with van der Waals surface area (Å²) in [6, 6.07) is 0. The number of hydrogen-bond acceptors (Lipinski definition) is 2. The molecule has 1 unspecified atom stereocenters. The van der Waals surface area contributed by atoms with Gasteiger partial charge in [-0.05, 0) is 25.1 Å². The van der Waals surface area contributed by atoms with Gasteiger partial charge in [0.25, 0.3) is 0 Å². The summed E-state index contributed by atoms with van der Waals surface area (Å²) in [5.74, 6) is 5.98. The fourth-order valence-corrected chi connectivity index (χ4v) is 1.59. The SMILES string of the molecule is CBC/C(=N\N)C(CC)CCC. The van der Waals surface area contributed by atoms with E-state index in [1.165, 1.54) is 25.0 Å². The minimum Gasteiger partial charge on any atom is -0.323 e. The van der Waals surface area contributed by atoms with Crippen LogP contribution in [0.2, 0.25) is 13.1 Å². The molecule has 0 spiro atoms. The maximum absolute atomic E-state index is 5.35. The van der Waals surface area contributed by atoms with Gasteiger partial charge in [-0.3, -0.25) is 0 Å². The van der Waals surface area contributed by atoms with Crippen LogP contribution in [-0.2, 0) is 0 Å². The molecule has 0 aromatic rings. The second kappa shape index (κ2) is 7.20. The van der Waals surface area contributed by atoms with Gasteiger partial charge in [0, 0.05) is 5.71 Å². The molecule has 0 heterocycles. The zero-order valence-electron chi connectivity index (χ0n) is 8.64. The first-order valence-electron chi connectivity index (χ1n) is 5.06. The van der Waals surface area contributed by atoms with Crippen LogP contribution < -0.4 is 5.84 Å². The third-order valence-corrected chi connectivity index (χ3v) is 2.27. The van der Waals surface area contributed by atoms with Crippen molar-refractivity contribution >= 4 is 13.0 Å². The second-order valence-electron chi connectivity index (χ2n) is 3.26. The predicted octanol–water partition coefficient (Wildman–Crippen LogP) is 2.03. The highest BCUT2D eigenvalue weighted by atomic mass is 15.1. The molecule has 0 saturated heterocycles. The number of rotatable bonds is 6. The highest BCUT2D eigenvalue weighted by molar-refractivity contribution is 6.40. The van der Waals surface area contributed by atoms with Crippen molar-refractivity contribution < 1.29 is 0 Å². The van der Waals surface area contributed by atoms with E-state index in [0.29, 0.717) is 5.92 Å². The van der Waals surface area contributed by atoms with Gasteiger partial charge in [0.15, 0.2) is 0 Å². The van der Waals surface area contributed by atoms with Crippen molar-refractivity contribution in [2.24, 2.45) is 16.9 Å². The first-order valence-corrected chi connectivity index (χ1v) is 5.06. The van der Waals surface area contributed by atoms with Crippen LogP contribution in [0.25, 0.3) is 0 Å². The van der Waals surface area contributed by atoms with Gasteiger partial charge in [0.1, 0.15) is 7.28 Å². The molecule has 0 rings (SSSR count). The van der Waals surface area contributed by atoms with E-state index < -0.39 is 0 Å². The molecule has 0 bridgehead atoms. The fourth-order valence-electron chi connectivity index (χ4n) is 1.59. The molecule has 0 radical (unpaired) electrons. The summed E-state index contributed by atoms with van der Waals surface area (Å²) >= 11 is 0. The van der Waals surface area contributed by atoms with Gasteiger partial charge in [0.05, 0.1) is 0 Å². The van der Waals surface area contributed by atoms with Crippen molar-refractivity contribution in [2.75, 3.05) is 0 Å². The number of hydrogen-bond donors (Lipinski definition) is 1. The van der Waals surface area contributed by atoms with Crippen LogP contribution in [0.1, 0.15) is 33.1 Å². The Hall–Kier alpha value is -0.465. The normalized spacial score (nSPS) is 14.4. The van der Waals surface area contributed by atoms with E-state index in [1.54, 1.807) is 0 Å². The van der Waals surface area contributed by atoms with Crippen LogP contribution >= 0.6 is 0 Å². The molecule has 3 heteroatoms. The smallest absolute Gasteiger partial charge is 0.124 e. The lowest BCUT2D eigenvalue weighted by Gasteiger charge is -2.14. The van der Waals surface area contributed by atoms with E-state index in [0.717, 1.165) is 13.6 Å². The summed E-state index contributed by atoms with van der Waals surface area (Å²) in [6.07, 6.45) is 4.69. The molecule has 0 aliphatic rings. The van der Waals surface area contributed by atoms with E-state index in [1.807, 2.05) is 0 Å². The van der Waals surface area contributed by atoms with E-state index >= 15 is 0 Å². The summed E-state index contributed by atoms with van der Waals surface area (Å²) in [5, 5.41) is 3.88. The van der Waals surface area contributed by atoms with Crippen molar-refractivity contribution in [2.45, 2.75) is 46.3 Å². The summed E-state index contributed by atoms with van der Waals surface area (Å²) in [6.45, 7) is 6.59. The summed E-state index contributed by atoms with van der Waals surface area (Å²) in [7, 11) is 1.15. The largest absolute Gasteiger partial charge is 0.323 e. The molecule has 0 aromatic carbocycles. The Morgan fingerprint density at radius 3 is 2.50 bits per heavy atom. The highest BCUT2D eigenvalue weighted by Gasteiger charge is 2.11. The van der Waals surface area contributed by atoms with Gasteiger partial charge in [-0.15, -0.1) is 0 Å². The molecule has 0 aliphatic heterocycles. The molecule has 70 valence electrons. The Kier molecular flexibility index (Phi) is 6.92. The molecule has 0 fully saturated rings. The van der Waals surface area contributed by atoms with Crippen LogP contribution in [0, 0.1) is 5.92 Å². The standard InChI is InChI=1S/C9H21BN2/c1-4-6-8(5-2)9(12-11)7-10-3/h8,10H,4-7,11H2,1-3H3/b12-9+. The zero-order valence-corrected chi connectivity index (χ0v) is 8.64. The molecule has 0 aliphatic carbocycles. The lowest BCUT2D eigenvalue weighted by Crippen LogP contribution is -2.16. The van der Waals surface area contributed by atoms with Crippen LogP contribution in [0.4, 0.5) is 0 Å². The van der Waals surface area contributed by atoms with Crippen molar-refractivity contribution in [3.8, 4) is 0 Å². The molecule has 0 aromatic heterocycles. The molecule has 2 nitrogen and oxygen atoms in total. The second-order valence-corrected chi connectivity index (χ2v) is 3.26. The molecule has 1 atom stereocenters. The monoisotopic (exact) mass is 168 g/mol. The molecule has 0 amide bonds. The van der Waals surface area contributed by atoms with E-state index in [-0.39, 0.29) is 0 Å². The number of hydrazone groups is 1. The summed E-state index contributed by atoms with van der Waals surface area (Å²) in [4.78, 5) is 0. The van der Waals surface area contributed by atoms with Gasteiger partial charge in [0.2, 0.25) is 0 Å². The van der Waals surface area contributed by atoms with Crippen molar-refractivity contribution in [1.82, 2.24) is 0 Å². The van der Waals surface area contributed by atoms with Gasteiger partial charge in [-0.1, -0.05) is 27.1 Å².